The Hall–Kier alpha value is -1.53. The van der Waals surface area contributed by atoms with Gasteiger partial charge in [-0.2, -0.15) is 0 Å². The largest absolute Gasteiger partial charge is 0.481 e. The Labute approximate surface area is 132 Å². The van der Waals surface area contributed by atoms with E-state index in [0.29, 0.717) is 25.1 Å². The van der Waals surface area contributed by atoms with Crippen molar-refractivity contribution in [3.05, 3.63) is 32.3 Å². The minimum atomic E-state index is -0.824. The van der Waals surface area contributed by atoms with E-state index in [9.17, 15) is 14.9 Å². The van der Waals surface area contributed by atoms with E-state index in [-0.39, 0.29) is 28.1 Å². The van der Waals surface area contributed by atoms with E-state index in [2.05, 4.69) is 5.32 Å². The van der Waals surface area contributed by atoms with Crippen LogP contribution >= 0.6 is 23.2 Å². The molecule has 2 N–H and O–H groups in total. The van der Waals surface area contributed by atoms with Crippen LogP contribution in [0, 0.1) is 16.0 Å². The van der Waals surface area contributed by atoms with Gasteiger partial charge in [0, 0.05) is 19.0 Å². The van der Waals surface area contributed by atoms with Crippen LogP contribution in [0.15, 0.2) is 12.1 Å². The summed E-state index contributed by atoms with van der Waals surface area (Å²) in [5, 5.41) is 22.9. The molecule has 1 aromatic carbocycles. The second-order valence-corrected chi connectivity index (χ2v) is 5.61. The van der Waals surface area contributed by atoms with Crippen molar-refractivity contribution in [1.29, 1.82) is 0 Å². The summed E-state index contributed by atoms with van der Waals surface area (Å²) in [5.41, 5.74) is 0.169. The van der Waals surface area contributed by atoms with Crippen LogP contribution in [0.4, 0.5) is 11.4 Å². The maximum Gasteiger partial charge on any atom is 0.303 e. The average molecular weight is 335 g/mol. The van der Waals surface area contributed by atoms with Crippen molar-refractivity contribution in [1.82, 2.24) is 0 Å². The molecule has 0 saturated heterocycles. The smallest absolute Gasteiger partial charge is 0.303 e. The second kappa shape index (κ2) is 8.05. The summed E-state index contributed by atoms with van der Waals surface area (Å²) in [7, 11) is 0. The van der Waals surface area contributed by atoms with Gasteiger partial charge in [0.05, 0.1) is 15.0 Å². The van der Waals surface area contributed by atoms with Crippen molar-refractivity contribution in [2.24, 2.45) is 5.92 Å². The van der Waals surface area contributed by atoms with E-state index in [1.54, 1.807) is 0 Å². The molecule has 0 aliphatic heterocycles. The van der Waals surface area contributed by atoms with Gasteiger partial charge in [0.25, 0.3) is 5.69 Å². The minimum Gasteiger partial charge on any atom is -0.481 e. The number of nitro groups is 1. The number of anilines is 1. The van der Waals surface area contributed by atoms with Gasteiger partial charge in [-0.15, -0.1) is 0 Å². The number of nitrogens with zero attached hydrogens (tertiary/aromatic N) is 1. The first kappa shape index (κ1) is 17.5. The second-order valence-electron chi connectivity index (χ2n) is 4.79. The molecule has 116 valence electrons. The van der Waals surface area contributed by atoms with Crippen LogP contribution < -0.4 is 5.32 Å². The third-order valence-corrected chi connectivity index (χ3v) is 3.76. The molecule has 0 saturated carbocycles. The Morgan fingerprint density at radius 2 is 2.00 bits per heavy atom. The molecule has 1 unspecified atom stereocenters. The number of benzene rings is 1. The zero-order valence-corrected chi connectivity index (χ0v) is 12.9. The van der Waals surface area contributed by atoms with E-state index in [4.69, 9.17) is 28.3 Å². The van der Waals surface area contributed by atoms with Crippen LogP contribution in [0.2, 0.25) is 10.0 Å². The Balaban J connectivity index is 2.61. The molecule has 1 aromatic rings. The number of nitro benzene ring substituents is 1. The van der Waals surface area contributed by atoms with Crippen LogP contribution in [0.25, 0.3) is 0 Å². The summed E-state index contributed by atoms with van der Waals surface area (Å²) in [6.45, 7) is 2.42. The lowest BCUT2D eigenvalue weighted by Gasteiger charge is -2.12. The summed E-state index contributed by atoms with van der Waals surface area (Å²) in [4.78, 5) is 20.9. The zero-order valence-electron chi connectivity index (χ0n) is 11.4. The first-order valence-corrected chi connectivity index (χ1v) is 7.16. The van der Waals surface area contributed by atoms with Crippen molar-refractivity contribution in [3.8, 4) is 0 Å². The van der Waals surface area contributed by atoms with Gasteiger partial charge in [0.15, 0.2) is 0 Å². The van der Waals surface area contributed by atoms with Crippen molar-refractivity contribution in [2.75, 3.05) is 11.9 Å². The number of carboxylic acid groups (broad SMARTS) is 1. The molecular formula is C13H16Cl2N2O4. The highest BCUT2D eigenvalue weighted by molar-refractivity contribution is 6.42. The van der Waals surface area contributed by atoms with Gasteiger partial charge in [-0.25, -0.2) is 0 Å². The average Bonchev–Trinajstić information content (AvgIpc) is 2.39. The third-order valence-electron chi connectivity index (χ3n) is 3.04. The Kier molecular flexibility index (Phi) is 6.71. The Morgan fingerprint density at radius 1 is 1.38 bits per heavy atom. The SMILES string of the molecule is CC(CCNc1cc(Cl)c(Cl)cc1[N+](=O)[O-])CCC(=O)O. The number of carboxylic acids is 1. The molecule has 0 aliphatic rings. The fourth-order valence-electron chi connectivity index (χ4n) is 1.80. The van der Waals surface area contributed by atoms with E-state index >= 15 is 0 Å². The predicted molar refractivity (Wildman–Crippen MR) is 82.3 cm³/mol. The normalized spacial score (nSPS) is 12.0. The van der Waals surface area contributed by atoms with Gasteiger partial charge in [-0.1, -0.05) is 30.1 Å². The maximum atomic E-state index is 11.0. The van der Waals surface area contributed by atoms with E-state index in [1.807, 2.05) is 6.92 Å². The van der Waals surface area contributed by atoms with Crippen LogP contribution in [0.3, 0.4) is 0 Å². The molecule has 0 spiro atoms. The monoisotopic (exact) mass is 334 g/mol. The molecule has 21 heavy (non-hydrogen) atoms. The highest BCUT2D eigenvalue weighted by atomic mass is 35.5. The first-order valence-electron chi connectivity index (χ1n) is 6.40. The number of hydrogen-bond donors (Lipinski definition) is 2. The number of hydrogen-bond acceptors (Lipinski definition) is 4. The lowest BCUT2D eigenvalue weighted by molar-refractivity contribution is -0.383. The van der Waals surface area contributed by atoms with E-state index in [1.165, 1.54) is 12.1 Å². The molecule has 0 fully saturated rings. The number of rotatable bonds is 8. The van der Waals surface area contributed by atoms with Gasteiger partial charge in [0.2, 0.25) is 0 Å². The molecule has 0 amide bonds. The Bertz CT molecular complexity index is 537. The number of carbonyl (C=O) groups is 1. The number of halogens is 2. The molecule has 0 bridgehead atoms. The summed E-state index contributed by atoms with van der Waals surface area (Å²) in [6.07, 6.45) is 1.39. The standard InChI is InChI=1S/C13H16Cl2N2O4/c1-8(2-3-13(18)19)4-5-16-11-6-9(14)10(15)7-12(11)17(20)21/h6-8,16H,2-5H2,1H3,(H,18,19). The lowest BCUT2D eigenvalue weighted by Crippen LogP contribution is -2.09. The topological polar surface area (TPSA) is 92.5 Å². The van der Waals surface area contributed by atoms with Crippen LogP contribution in [-0.2, 0) is 4.79 Å². The van der Waals surface area contributed by atoms with Gasteiger partial charge < -0.3 is 10.4 Å². The highest BCUT2D eigenvalue weighted by Gasteiger charge is 2.17. The van der Waals surface area contributed by atoms with Gasteiger partial charge in [0.1, 0.15) is 5.69 Å². The lowest BCUT2D eigenvalue weighted by atomic mass is 10.0. The molecule has 0 aliphatic carbocycles. The fourth-order valence-corrected chi connectivity index (χ4v) is 2.12. The predicted octanol–water partition coefficient (Wildman–Crippen LogP) is 4.20. The quantitative estimate of drug-likeness (QED) is 0.548. The Morgan fingerprint density at radius 3 is 2.57 bits per heavy atom. The van der Waals surface area contributed by atoms with Crippen molar-refractivity contribution in [2.45, 2.75) is 26.2 Å². The molecule has 6 nitrogen and oxygen atoms in total. The summed E-state index contributed by atoms with van der Waals surface area (Å²) >= 11 is 11.6. The van der Waals surface area contributed by atoms with Crippen molar-refractivity contribution >= 4 is 40.5 Å². The van der Waals surface area contributed by atoms with Crippen LogP contribution in [0.1, 0.15) is 26.2 Å². The number of nitrogens with one attached hydrogen (secondary N) is 1. The first-order chi connectivity index (χ1) is 9.81. The summed E-state index contributed by atoms with van der Waals surface area (Å²) < 4.78 is 0. The molecular weight excluding hydrogens is 319 g/mol. The number of aliphatic carboxylic acids is 1. The summed E-state index contributed by atoms with van der Waals surface area (Å²) in [6, 6.07) is 2.63. The molecule has 0 aromatic heterocycles. The van der Waals surface area contributed by atoms with Crippen LogP contribution in [0.5, 0.6) is 0 Å². The van der Waals surface area contributed by atoms with Gasteiger partial charge in [-0.3, -0.25) is 14.9 Å². The maximum absolute atomic E-state index is 11.0. The molecule has 1 atom stereocenters. The highest BCUT2D eigenvalue weighted by Crippen LogP contribution is 2.34. The van der Waals surface area contributed by atoms with Gasteiger partial charge >= 0.3 is 5.97 Å². The van der Waals surface area contributed by atoms with E-state index in [0.717, 1.165) is 0 Å². The van der Waals surface area contributed by atoms with Crippen molar-refractivity contribution in [3.63, 3.8) is 0 Å². The fraction of sp³-hybridized carbons (Fsp3) is 0.462. The van der Waals surface area contributed by atoms with Gasteiger partial charge in [-0.05, 0) is 24.8 Å². The molecule has 1 rings (SSSR count). The zero-order chi connectivity index (χ0) is 16.0. The third kappa shape index (κ3) is 5.77. The molecule has 8 heteroatoms. The summed E-state index contributed by atoms with van der Waals surface area (Å²) in [5.74, 6) is -0.620. The van der Waals surface area contributed by atoms with Crippen LogP contribution in [-0.4, -0.2) is 22.5 Å². The van der Waals surface area contributed by atoms with Crippen molar-refractivity contribution < 1.29 is 14.8 Å². The van der Waals surface area contributed by atoms with E-state index < -0.39 is 10.9 Å². The molecule has 0 heterocycles. The molecule has 0 radical (unpaired) electrons. The minimum absolute atomic E-state index is 0.119.